The molecule has 0 aromatic heterocycles. The fourth-order valence-corrected chi connectivity index (χ4v) is 4.16. The Balaban J connectivity index is 1.85. The third-order valence-corrected chi connectivity index (χ3v) is 6.28. The maximum absolute atomic E-state index is 12.9. The molecule has 0 fully saturated rings. The molecular weight excluding hydrogens is 497 g/mol. The zero-order valence-corrected chi connectivity index (χ0v) is 18.6. The Bertz CT molecular complexity index is 1340. The van der Waals surface area contributed by atoms with Gasteiger partial charge in [0.15, 0.2) is 0 Å². The second-order valence-corrected chi connectivity index (χ2v) is 8.93. The van der Waals surface area contributed by atoms with Crippen molar-refractivity contribution in [3.05, 3.63) is 89.0 Å². The molecule has 0 unspecified atom stereocenters. The predicted octanol–water partition coefficient (Wildman–Crippen LogP) is 5.20. The minimum Gasteiger partial charge on any atom is -0.478 e. The number of halogens is 4. The molecule has 3 rings (SSSR count). The molecule has 0 atom stereocenters. The van der Waals surface area contributed by atoms with Crippen molar-refractivity contribution in [2.24, 2.45) is 0 Å². The quantitative estimate of drug-likeness (QED) is 0.377. The number of nitrogens with one attached hydrogen (secondary N) is 2. The molecule has 3 aromatic rings. The van der Waals surface area contributed by atoms with Crippen molar-refractivity contribution in [1.82, 2.24) is 0 Å². The van der Waals surface area contributed by atoms with E-state index in [0.717, 1.165) is 17.7 Å². The van der Waals surface area contributed by atoms with Gasteiger partial charge < -0.3 is 10.4 Å². The van der Waals surface area contributed by atoms with Crippen LogP contribution in [0.4, 0.5) is 24.5 Å². The predicted molar refractivity (Wildman–Crippen MR) is 120 cm³/mol. The lowest BCUT2D eigenvalue weighted by Crippen LogP contribution is -2.18. The molecule has 1 amide bonds. The molecule has 0 aliphatic rings. The van der Waals surface area contributed by atoms with E-state index in [1.807, 2.05) is 0 Å². The number of aromatic carboxylic acids is 1. The average Bonchev–Trinajstić information content (AvgIpc) is 2.78. The molecule has 0 aliphatic heterocycles. The van der Waals surface area contributed by atoms with E-state index in [-0.39, 0.29) is 27.7 Å². The molecule has 178 valence electrons. The summed E-state index contributed by atoms with van der Waals surface area (Å²) < 4.78 is 66.5. The van der Waals surface area contributed by atoms with Crippen LogP contribution in [0.5, 0.6) is 0 Å². The highest BCUT2D eigenvalue weighted by Gasteiger charge is 2.32. The molecule has 3 aromatic carbocycles. The van der Waals surface area contributed by atoms with Gasteiger partial charge in [0.1, 0.15) is 0 Å². The molecule has 34 heavy (non-hydrogen) atoms. The van der Waals surface area contributed by atoms with Gasteiger partial charge in [0, 0.05) is 17.1 Å². The Morgan fingerprint density at radius 3 is 2.24 bits per heavy atom. The summed E-state index contributed by atoms with van der Waals surface area (Å²) in [5, 5.41) is 11.5. The molecule has 0 aliphatic carbocycles. The Kier molecular flexibility index (Phi) is 7.18. The van der Waals surface area contributed by atoms with Gasteiger partial charge in [0.2, 0.25) is 0 Å². The number of carboxylic acid groups (broad SMARTS) is 1. The molecule has 0 saturated heterocycles. The highest BCUT2D eigenvalue weighted by atomic mass is 35.5. The minimum atomic E-state index is -4.77. The monoisotopic (exact) mass is 512 g/mol. The molecule has 0 radical (unpaired) electrons. The van der Waals surface area contributed by atoms with Gasteiger partial charge in [-0.05, 0) is 54.1 Å². The second-order valence-electron chi connectivity index (χ2n) is 6.98. The number of anilines is 2. The molecule has 0 spiro atoms. The first kappa shape index (κ1) is 25.1. The van der Waals surface area contributed by atoms with E-state index in [1.165, 1.54) is 30.3 Å². The first-order chi connectivity index (χ1) is 15.9. The molecule has 0 saturated carbocycles. The van der Waals surface area contributed by atoms with Gasteiger partial charge in [0.25, 0.3) is 15.9 Å². The topological polar surface area (TPSA) is 113 Å². The Hall–Kier alpha value is -3.57. The number of carbonyl (C=O) groups excluding carboxylic acids is 1. The van der Waals surface area contributed by atoms with Crippen molar-refractivity contribution >= 4 is 44.9 Å². The van der Waals surface area contributed by atoms with Crippen LogP contribution in [0.3, 0.4) is 0 Å². The van der Waals surface area contributed by atoms with E-state index in [4.69, 9.17) is 11.6 Å². The first-order valence-corrected chi connectivity index (χ1v) is 11.5. The summed E-state index contributed by atoms with van der Waals surface area (Å²) in [7, 11) is -4.09. The smallest absolute Gasteiger partial charge is 0.416 e. The van der Waals surface area contributed by atoms with Gasteiger partial charge in [-0.2, -0.15) is 13.2 Å². The van der Waals surface area contributed by atoms with Crippen LogP contribution in [0, 0.1) is 0 Å². The number of benzene rings is 3. The number of carboxylic acids is 1. The lowest BCUT2D eigenvalue weighted by Gasteiger charge is -2.13. The number of alkyl halides is 4. The summed E-state index contributed by atoms with van der Waals surface area (Å²) in [6, 6.07) is 13.0. The van der Waals surface area contributed by atoms with Gasteiger partial charge in [-0.1, -0.05) is 18.2 Å². The summed E-state index contributed by atoms with van der Waals surface area (Å²) in [6.07, 6.45) is -4.77. The lowest BCUT2D eigenvalue weighted by atomic mass is 10.1. The number of sulfonamides is 1. The second kappa shape index (κ2) is 9.74. The molecule has 3 N–H and O–H groups in total. The van der Waals surface area contributed by atoms with Crippen LogP contribution >= 0.6 is 11.6 Å². The largest absolute Gasteiger partial charge is 0.478 e. The van der Waals surface area contributed by atoms with Crippen molar-refractivity contribution in [2.75, 3.05) is 10.0 Å². The summed E-state index contributed by atoms with van der Waals surface area (Å²) >= 11 is 5.71. The van der Waals surface area contributed by atoms with Gasteiger partial charge in [-0.25, -0.2) is 13.2 Å². The summed E-state index contributed by atoms with van der Waals surface area (Å²) in [5.74, 6) is -2.33. The van der Waals surface area contributed by atoms with E-state index >= 15 is 0 Å². The number of hydrogen-bond donors (Lipinski definition) is 3. The highest BCUT2D eigenvalue weighted by molar-refractivity contribution is 7.92. The lowest BCUT2D eigenvalue weighted by molar-refractivity contribution is -0.137. The van der Waals surface area contributed by atoms with Crippen molar-refractivity contribution in [2.45, 2.75) is 17.0 Å². The molecular formula is C22H16ClF3N2O5S. The standard InChI is InChI=1S/C22H16ClF3N2O5S/c23-12-13-4-7-16(8-5-13)28-34(32,33)17-3-1-2-14(10-17)20(29)27-19-9-6-15(22(24,25)26)11-18(19)21(30)31/h1-11,28H,12H2,(H,27,29)(H,30,31). The van der Waals surface area contributed by atoms with Gasteiger partial charge >= 0.3 is 12.1 Å². The number of amides is 1. The fraction of sp³-hybridized carbons (Fsp3) is 0.0909. The average molecular weight is 513 g/mol. The van der Waals surface area contributed by atoms with Crippen LogP contribution in [0.25, 0.3) is 0 Å². The van der Waals surface area contributed by atoms with Crippen molar-refractivity contribution in [1.29, 1.82) is 0 Å². The van der Waals surface area contributed by atoms with Crippen LogP contribution in [-0.4, -0.2) is 25.4 Å². The molecule has 0 bridgehead atoms. The SMILES string of the molecule is O=C(Nc1ccc(C(F)(F)F)cc1C(=O)O)c1cccc(S(=O)(=O)Nc2ccc(CCl)cc2)c1. The highest BCUT2D eigenvalue weighted by Crippen LogP contribution is 2.32. The molecule has 0 heterocycles. The zero-order valence-electron chi connectivity index (χ0n) is 17.1. The molecule has 12 heteroatoms. The Morgan fingerprint density at radius 2 is 1.65 bits per heavy atom. The fourth-order valence-electron chi connectivity index (χ4n) is 2.88. The van der Waals surface area contributed by atoms with E-state index in [9.17, 15) is 36.3 Å². The Morgan fingerprint density at radius 1 is 0.971 bits per heavy atom. The van der Waals surface area contributed by atoms with Crippen LogP contribution < -0.4 is 10.0 Å². The normalized spacial score (nSPS) is 11.6. The van der Waals surface area contributed by atoms with E-state index in [1.54, 1.807) is 12.1 Å². The third-order valence-electron chi connectivity index (χ3n) is 4.59. The van der Waals surface area contributed by atoms with Crippen LogP contribution in [0.15, 0.2) is 71.6 Å². The van der Waals surface area contributed by atoms with Crippen LogP contribution in [0.2, 0.25) is 0 Å². The van der Waals surface area contributed by atoms with E-state index in [0.29, 0.717) is 12.1 Å². The molecule has 7 nitrogen and oxygen atoms in total. The first-order valence-electron chi connectivity index (χ1n) is 9.44. The van der Waals surface area contributed by atoms with E-state index in [2.05, 4.69) is 10.0 Å². The maximum Gasteiger partial charge on any atom is 0.416 e. The number of carbonyl (C=O) groups is 2. The zero-order chi connectivity index (χ0) is 25.1. The van der Waals surface area contributed by atoms with Crippen molar-refractivity contribution < 1.29 is 36.3 Å². The van der Waals surface area contributed by atoms with Gasteiger partial charge in [-0.3, -0.25) is 9.52 Å². The van der Waals surface area contributed by atoms with Gasteiger partial charge in [0.05, 0.1) is 21.7 Å². The minimum absolute atomic E-state index is 0.156. The number of hydrogen-bond acceptors (Lipinski definition) is 4. The van der Waals surface area contributed by atoms with Crippen LogP contribution in [0.1, 0.15) is 31.8 Å². The summed E-state index contributed by atoms with van der Waals surface area (Å²) in [6.45, 7) is 0. The number of rotatable bonds is 7. The van der Waals surface area contributed by atoms with Crippen molar-refractivity contribution in [3.63, 3.8) is 0 Å². The van der Waals surface area contributed by atoms with Crippen molar-refractivity contribution in [3.8, 4) is 0 Å². The van der Waals surface area contributed by atoms with E-state index < -0.39 is 39.2 Å². The van der Waals surface area contributed by atoms with Gasteiger partial charge in [-0.15, -0.1) is 11.6 Å². The summed E-state index contributed by atoms with van der Waals surface area (Å²) in [4.78, 5) is 23.8. The summed E-state index contributed by atoms with van der Waals surface area (Å²) in [5.41, 5.74) is -1.45. The Labute approximate surface area is 197 Å². The van der Waals surface area contributed by atoms with Crippen LogP contribution in [-0.2, 0) is 22.1 Å². The third kappa shape index (κ3) is 5.86. The maximum atomic E-state index is 12.9.